The highest BCUT2D eigenvalue weighted by Gasteiger charge is 2.18. The van der Waals surface area contributed by atoms with Crippen LogP contribution in [0.1, 0.15) is 47.4 Å². The SMILES string of the molecule is CCCNC(=O)c1nc(N[C@@H](C)c2ccccn2)nc2cc(C)sc12. The van der Waals surface area contributed by atoms with Gasteiger partial charge in [0.1, 0.15) is 0 Å². The van der Waals surface area contributed by atoms with E-state index in [1.165, 1.54) is 11.3 Å². The van der Waals surface area contributed by atoms with Crippen molar-refractivity contribution in [1.82, 2.24) is 20.3 Å². The van der Waals surface area contributed by atoms with E-state index >= 15 is 0 Å². The lowest BCUT2D eigenvalue weighted by atomic mass is 10.2. The van der Waals surface area contributed by atoms with Gasteiger partial charge in [0.15, 0.2) is 5.69 Å². The molecular formula is C18H21N5OS. The first-order valence-electron chi connectivity index (χ1n) is 8.32. The zero-order valence-corrected chi connectivity index (χ0v) is 15.4. The molecule has 1 amide bonds. The number of aromatic nitrogens is 3. The highest BCUT2D eigenvalue weighted by molar-refractivity contribution is 7.19. The fourth-order valence-corrected chi connectivity index (χ4v) is 3.43. The number of nitrogens with zero attached hydrogens (tertiary/aromatic N) is 3. The van der Waals surface area contributed by atoms with Crippen LogP contribution in [0, 0.1) is 6.92 Å². The smallest absolute Gasteiger partial charge is 0.271 e. The van der Waals surface area contributed by atoms with Crippen LogP contribution < -0.4 is 10.6 Å². The van der Waals surface area contributed by atoms with Crippen molar-refractivity contribution in [2.45, 2.75) is 33.2 Å². The topological polar surface area (TPSA) is 79.8 Å². The average molecular weight is 355 g/mol. The van der Waals surface area contributed by atoms with Crippen molar-refractivity contribution in [3.05, 3.63) is 46.7 Å². The summed E-state index contributed by atoms with van der Waals surface area (Å²) >= 11 is 1.54. The summed E-state index contributed by atoms with van der Waals surface area (Å²) in [6.45, 7) is 6.64. The first kappa shape index (κ1) is 17.3. The van der Waals surface area contributed by atoms with Gasteiger partial charge in [-0.25, -0.2) is 9.97 Å². The number of hydrogen-bond acceptors (Lipinski definition) is 6. The van der Waals surface area contributed by atoms with E-state index in [0.717, 1.165) is 27.2 Å². The van der Waals surface area contributed by atoms with Crippen molar-refractivity contribution in [2.24, 2.45) is 0 Å². The number of pyridine rings is 1. The van der Waals surface area contributed by atoms with Gasteiger partial charge >= 0.3 is 0 Å². The molecule has 3 heterocycles. The molecule has 2 N–H and O–H groups in total. The van der Waals surface area contributed by atoms with Gasteiger partial charge in [-0.15, -0.1) is 11.3 Å². The van der Waals surface area contributed by atoms with Gasteiger partial charge in [-0.3, -0.25) is 9.78 Å². The van der Waals surface area contributed by atoms with E-state index in [0.29, 0.717) is 18.2 Å². The second kappa shape index (κ2) is 7.57. The largest absolute Gasteiger partial charge is 0.351 e. The minimum absolute atomic E-state index is 0.0649. The number of amides is 1. The molecule has 25 heavy (non-hydrogen) atoms. The van der Waals surface area contributed by atoms with Gasteiger partial charge in [0, 0.05) is 17.6 Å². The zero-order valence-electron chi connectivity index (χ0n) is 14.5. The molecule has 3 rings (SSSR count). The molecule has 0 aromatic carbocycles. The summed E-state index contributed by atoms with van der Waals surface area (Å²) in [5.74, 6) is 0.273. The lowest BCUT2D eigenvalue weighted by molar-refractivity contribution is 0.0950. The fraction of sp³-hybridized carbons (Fsp3) is 0.333. The molecule has 0 aliphatic heterocycles. The predicted molar refractivity (Wildman–Crippen MR) is 101 cm³/mol. The van der Waals surface area contributed by atoms with Crippen LogP contribution in [-0.4, -0.2) is 27.4 Å². The lowest BCUT2D eigenvalue weighted by Gasteiger charge is -2.14. The lowest BCUT2D eigenvalue weighted by Crippen LogP contribution is -2.25. The third-order valence-corrected chi connectivity index (χ3v) is 4.77. The summed E-state index contributed by atoms with van der Waals surface area (Å²) in [6.07, 6.45) is 2.63. The summed E-state index contributed by atoms with van der Waals surface area (Å²) in [6, 6.07) is 7.68. The third-order valence-electron chi connectivity index (χ3n) is 3.72. The normalized spacial score (nSPS) is 12.1. The van der Waals surface area contributed by atoms with Crippen LogP contribution >= 0.6 is 11.3 Å². The number of anilines is 1. The quantitative estimate of drug-likeness (QED) is 0.705. The van der Waals surface area contributed by atoms with E-state index in [-0.39, 0.29) is 11.9 Å². The number of rotatable bonds is 6. The number of nitrogens with one attached hydrogen (secondary N) is 2. The molecule has 1 atom stereocenters. The molecular weight excluding hydrogens is 334 g/mol. The summed E-state index contributed by atoms with van der Waals surface area (Å²) in [5, 5.41) is 6.15. The first-order valence-corrected chi connectivity index (χ1v) is 9.14. The fourth-order valence-electron chi connectivity index (χ4n) is 2.49. The Balaban J connectivity index is 1.94. The number of carbonyl (C=O) groups is 1. The molecule has 0 radical (unpaired) electrons. The maximum absolute atomic E-state index is 12.5. The Morgan fingerprint density at radius 2 is 2.16 bits per heavy atom. The summed E-state index contributed by atoms with van der Waals surface area (Å²) in [5.41, 5.74) is 2.10. The molecule has 6 nitrogen and oxygen atoms in total. The molecule has 0 saturated carbocycles. The predicted octanol–water partition coefficient (Wildman–Crippen LogP) is 3.71. The molecule has 0 saturated heterocycles. The van der Waals surface area contributed by atoms with E-state index in [2.05, 4.69) is 25.6 Å². The maximum Gasteiger partial charge on any atom is 0.271 e. The maximum atomic E-state index is 12.5. The molecule has 0 fully saturated rings. The summed E-state index contributed by atoms with van der Waals surface area (Å²) in [7, 11) is 0. The number of hydrogen-bond donors (Lipinski definition) is 2. The van der Waals surface area contributed by atoms with E-state index in [1.54, 1.807) is 6.20 Å². The van der Waals surface area contributed by atoms with Gasteiger partial charge in [-0.05, 0) is 38.5 Å². The Bertz CT molecular complexity index is 878. The van der Waals surface area contributed by atoms with Crippen LogP contribution in [0.25, 0.3) is 10.2 Å². The van der Waals surface area contributed by atoms with Crippen molar-refractivity contribution >= 4 is 33.4 Å². The number of carbonyl (C=O) groups excluding carboxylic acids is 1. The van der Waals surface area contributed by atoms with E-state index in [4.69, 9.17) is 0 Å². The van der Waals surface area contributed by atoms with Crippen molar-refractivity contribution < 1.29 is 4.79 Å². The Labute approximate surface area is 150 Å². The van der Waals surface area contributed by atoms with Crippen LogP contribution in [-0.2, 0) is 0 Å². The van der Waals surface area contributed by atoms with E-state index < -0.39 is 0 Å². The van der Waals surface area contributed by atoms with Crippen LogP contribution in [0.3, 0.4) is 0 Å². The molecule has 3 aromatic rings. The zero-order chi connectivity index (χ0) is 17.8. The summed E-state index contributed by atoms with van der Waals surface area (Å²) in [4.78, 5) is 27.0. The van der Waals surface area contributed by atoms with Crippen LogP contribution in [0.15, 0.2) is 30.5 Å². The van der Waals surface area contributed by atoms with Crippen molar-refractivity contribution in [3.8, 4) is 0 Å². The van der Waals surface area contributed by atoms with E-state index in [1.807, 2.05) is 45.0 Å². The Hall–Kier alpha value is -2.54. The first-order chi connectivity index (χ1) is 12.1. The second-order valence-corrected chi connectivity index (χ2v) is 7.10. The van der Waals surface area contributed by atoms with Gasteiger partial charge in [-0.1, -0.05) is 13.0 Å². The van der Waals surface area contributed by atoms with E-state index in [9.17, 15) is 4.79 Å². The molecule has 3 aromatic heterocycles. The summed E-state index contributed by atoms with van der Waals surface area (Å²) < 4.78 is 0.821. The Kier molecular flexibility index (Phi) is 5.23. The monoisotopic (exact) mass is 355 g/mol. The standard InChI is InChI=1S/C18H21N5OS/c1-4-8-20-17(24)15-16-14(10-11(2)25-16)22-18(23-15)21-12(3)13-7-5-6-9-19-13/h5-7,9-10,12H,4,8H2,1-3H3,(H,20,24)(H,21,22,23)/t12-/m0/s1. The van der Waals surface area contributed by atoms with Gasteiger partial charge in [-0.2, -0.15) is 0 Å². The van der Waals surface area contributed by atoms with Crippen molar-refractivity contribution in [1.29, 1.82) is 0 Å². The van der Waals surface area contributed by atoms with Gasteiger partial charge < -0.3 is 10.6 Å². The van der Waals surface area contributed by atoms with Gasteiger partial charge in [0.05, 0.1) is 22.0 Å². The second-order valence-electron chi connectivity index (χ2n) is 5.84. The number of aryl methyl sites for hydroxylation is 1. The third kappa shape index (κ3) is 3.93. The number of fused-ring (bicyclic) bond motifs is 1. The average Bonchev–Trinajstić information content (AvgIpc) is 2.99. The molecule has 0 unspecified atom stereocenters. The molecule has 0 bridgehead atoms. The molecule has 7 heteroatoms. The van der Waals surface area contributed by atoms with Crippen LogP contribution in [0.4, 0.5) is 5.95 Å². The Morgan fingerprint density at radius 1 is 1.32 bits per heavy atom. The molecule has 0 spiro atoms. The highest BCUT2D eigenvalue weighted by atomic mass is 32.1. The Morgan fingerprint density at radius 3 is 2.88 bits per heavy atom. The van der Waals surface area contributed by atoms with Gasteiger partial charge in [0.2, 0.25) is 5.95 Å². The van der Waals surface area contributed by atoms with Crippen molar-refractivity contribution in [2.75, 3.05) is 11.9 Å². The number of thiophene rings is 1. The highest BCUT2D eigenvalue weighted by Crippen LogP contribution is 2.28. The molecule has 0 aliphatic carbocycles. The molecule has 0 aliphatic rings. The van der Waals surface area contributed by atoms with Crippen molar-refractivity contribution in [3.63, 3.8) is 0 Å². The van der Waals surface area contributed by atoms with Crippen LogP contribution in [0.5, 0.6) is 0 Å². The minimum atomic E-state index is -0.162. The van der Waals surface area contributed by atoms with Crippen LogP contribution in [0.2, 0.25) is 0 Å². The van der Waals surface area contributed by atoms with Gasteiger partial charge in [0.25, 0.3) is 5.91 Å². The molecule has 130 valence electrons. The minimum Gasteiger partial charge on any atom is -0.351 e.